The maximum Gasteiger partial charge on any atom is 0.191 e. The highest BCUT2D eigenvalue weighted by Gasteiger charge is 2.02. The standard InChI is InChI=1S/C17H23ClN4OS.HI/c1-3-15-11-21-16(24-15)12-22-17(19-4-2)20-9-10-23-14-7-5-13(18)6-8-14;/h5-8,11H,3-4,9-10,12H2,1-2H3,(H2,19,20,22);1H. The predicted molar refractivity (Wildman–Crippen MR) is 117 cm³/mol. The topological polar surface area (TPSA) is 58.5 Å². The third-order valence-electron chi connectivity index (χ3n) is 3.14. The lowest BCUT2D eigenvalue weighted by molar-refractivity contribution is 0.322. The van der Waals surface area contributed by atoms with Crippen molar-refractivity contribution in [2.45, 2.75) is 26.8 Å². The molecular weight excluding hydrogens is 471 g/mol. The summed E-state index contributed by atoms with van der Waals surface area (Å²) >= 11 is 7.56. The highest BCUT2D eigenvalue weighted by Crippen LogP contribution is 2.15. The molecule has 8 heteroatoms. The minimum atomic E-state index is 0. The van der Waals surface area contributed by atoms with E-state index >= 15 is 0 Å². The summed E-state index contributed by atoms with van der Waals surface area (Å²) in [5, 5.41) is 8.21. The molecule has 0 aliphatic heterocycles. The number of rotatable bonds is 8. The van der Waals surface area contributed by atoms with Gasteiger partial charge in [-0.15, -0.1) is 35.3 Å². The number of nitrogens with zero attached hydrogens (tertiary/aromatic N) is 2. The fourth-order valence-electron chi connectivity index (χ4n) is 1.94. The van der Waals surface area contributed by atoms with Crippen molar-refractivity contribution < 1.29 is 4.74 Å². The Kier molecular flexibility index (Phi) is 10.8. The van der Waals surface area contributed by atoms with Crippen LogP contribution in [0.2, 0.25) is 5.02 Å². The van der Waals surface area contributed by atoms with E-state index in [0.717, 1.165) is 29.7 Å². The molecule has 1 heterocycles. The van der Waals surface area contributed by atoms with Gasteiger partial charge in [0, 0.05) is 22.6 Å². The second-order valence-electron chi connectivity index (χ2n) is 5.00. The van der Waals surface area contributed by atoms with Crippen LogP contribution >= 0.6 is 46.9 Å². The molecule has 2 rings (SSSR count). The Morgan fingerprint density at radius 1 is 1.24 bits per heavy atom. The zero-order chi connectivity index (χ0) is 17.2. The van der Waals surface area contributed by atoms with E-state index in [1.54, 1.807) is 11.3 Å². The van der Waals surface area contributed by atoms with E-state index in [0.29, 0.717) is 24.7 Å². The van der Waals surface area contributed by atoms with Crippen molar-refractivity contribution in [2.24, 2.45) is 4.99 Å². The average Bonchev–Trinajstić information content (AvgIpc) is 3.06. The van der Waals surface area contributed by atoms with Crippen LogP contribution in [0.25, 0.3) is 0 Å². The number of benzene rings is 1. The van der Waals surface area contributed by atoms with Gasteiger partial charge in [-0.3, -0.25) is 0 Å². The minimum Gasteiger partial charge on any atom is -0.492 e. The lowest BCUT2D eigenvalue weighted by Crippen LogP contribution is -2.39. The number of halogens is 2. The summed E-state index contributed by atoms with van der Waals surface area (Å²) in [6.07, 6.45) is 2.94. The van der Waals surface area contributed by atoms with Crippen LogP contribution in [-0.4, -0.2) is 30.6 Å². The molecule has 0 radical (unpaired) electrons. The van der Waals surface area contributed by atoms with Gasteiger partial charge < -0.3 is 15.4 Å². The number of aryl methyl sites for hydroxylation is 1. The first-order valence-electron chi connectivity index (χ1n) is 8.05. The first kappa shape index (κ1) is 22.0. The number of nitrogens with one attached hydrogen (secondary N) is 2. The SMILES string of the molecule is CCNC(=NCc1ncc(CC)s1)NCCOc1ccc(Cl)cc1.I. The maximum absolute atomic E-state index is 5.85. The van der Waals surface area contributed by atoms with Gasteiger partial charge in [0.2, 0.25) is 0 Å². The summed E-state index contributed by atoms with van der Waals surface area (Å²) in [6.45, 7) is 6.77. The molecule has 0 atom stereocenters. The van der Waals surface area contributed by atoms with Gasteiger partial charge in [-0.1, -0.05) is 18.5 Å². The van der Waals surface area contributed by atoms with E-state index in [-0.39, 0.29) is 24.0 Å². The average molecular weight is 495 g/mol. The molecule has 0 amide bonds. The summed E-state index contributed by atoms with van der Waals surface area (Å²) in [4.78, 5) is 10.2. The molecule has 0 unspecified atom stereocenters. The second-order valence-corrected chi connectivity index (χ2v) is 6.63. The van der Waals surface area contributed by atoms with Gasteiger partial charge in [-0.25, -0.2) is 9.98 Å². The quantitative estimate of drug-likeness (QED) is 0.251. The van der Waals surface area contributed by atoms with Crippen molar-refractivity contribution in [3.63, 3.8) is 0 Å². The Morgan fingerprint density at radius 2 is 2.00 bits per heavy atom. The minimum absolute atomic E-state index is 0. The summed E-state index contributed by atoms with van der Waals surface area (Å²) in [6, 6.07) is 7.34. The van der Waals surface area contributed by atoms with E-state index in [9.17, 15) is 0 Å². The Labute approximate surface area is 175 Å². The molecule has 138 valence electrons. The van der Waals surface area contributed by atoms with Gasteiger partial charge >= 0.3 is 0 Å². The smallest absolute Gasteiger partial charge is 0.191 e. The molecule has 2 N–H and O–H groups in total. The monoisotopic (exact) mass is 494 g/mol. The third-order valence-corrected chi connectivity index (χ3v) is 4.52. The molecular formula is C17H24ClIN4OS. The fraction of sp³-hybridized carbons (Fsp3) is 0.412. The summed E-state index contributed by atoms with van der Waals surface area (Å²) < 4.78 is 5.66. The van der Waals surface area contributed by atoms with Gasteiger partial charge in [-0.05, 0) is 37.6 Å². The molecule has 5 nitrogen and oxygen atoms in total. The Bertz CT molecular complexity index is 648. The van der Waals surface area contributed by atoms with Crippen molar-refractivity contribution in [1.82, 2.24) is 15.6 Å². The lowest BCUT2D eigenvalue weighted by atomic mass is 10.3. The normalized spacial score (nSPS) is 10.9. The van der Waals surface area contributed by atoms with Gasteiger partial charge in [-0.2, -0.15) is 0 Å². The largest absolute Gasteiger partial charge is 0.492 e. The molecule has 0 saturated carbocycles. The Balaban J connectivity index is 0.00000312. The van der Waals surface area contributed by atoms with Gasteiger partial charge in [0.25, 0.3) is 0 Å². The zero-order valence-electron chi connectivity index (χ0n) is 14.4. The molecule has 2 aromatic rings. The second kappa shape index (κ2) is 12.3. The highest BCUT2D eigenvalue weighted by molar-refractivity contribution is 14.0. The number of aliphatic imine (C=N–C) groups is 1. The van der Waals surface area contributed by atoms with E-state index in [2.05, 4.69) is 27.5 Å². The van der Waals surface area contributed by atoms with Gasteiger partial charge in [0.15, 0.2) is 5.96 Å². The number of aromatic nitrogens is 1. The number of ether oxygens (including phenoxy) is 1. The zero-order valence-corrected chi connectivity index (χ0v) is 18.3. The number of hydrogen-bond donors (Lipinski definition) is 2. The van der Waals surface area contributed by atoms with Crippen LogP contribution in [0.15, 0.2) is 35.5 Å². The fourth-order valence-corrected chi connectivity index (χ4v) is 2.86. The van der Waals surface area contributed by atoms with Crippen LogP contribution in [0.4, 0.5) is 0 Å². The van der Waals surface area contributed by atoms with Gasteiger partial charge in [0.05, 0.1) is 13.1 Å². The molecule has 0 bridgehead atoms. The molecule has 0 spiro atoms. The highest BCUT2D eigenvalue weighted by atomic mass is 127. The first-order chi connectivity index (χ1) is 11.7. The number of guanidine groups is 1. The van der Waals surface area contributed by atoms with Crippen molar-refractivity contribution >= 4 is 52.9 Å². The van der Waals surface area contributed by atoms with Crippen molar-refractivity contribution in [3.05, 3.63) is 45.4 Å². The van der Waals surface area contributed by atoms with E-state index in [1.807, 2.05) is 37.4 Å². The van der Waals surface area contributed by atoms with Crippen LogP contribution in [0.3, 0.4) is 0 Å². The Hall–Kier alpha value is -1.06. The van der Waals surface area contributed by atoms with Gasteiger partial charge in [0.1, 0.15) is 17.4 Å². The molecule has 1 aromatic carbocycles. The van der Waals surface area contributed by atoms with Crippen LogP contribution in [0.1, 0.15) is 23.7 Å². The maximum atomic E-state index is 5.85. The van der Waals surface area contributed by atoms with Crippen LogP contribution in [0, 0.1) is 0 Å². The predicted octanol–water partition coefficient (Wildman–Crippen LogP) is 4.11. The molecule has 0 saturated heterocycles. The summed E-state index contributed by atoms with van der Waals surface area (Å²) in [5.74, 6) is 1.57. The van der Waals surface area contributed by atoms with Crippen LogP contribution < -0.4 is 15.4 Å². The molecule has 1 aromatic heterocycles. The first-order valence-corrected chi connectivity index (χ1v) is 9.24. The Morgan fingerprint density at radius 3 is 2.64 bits per heavy atom. The van der Waals surface area contributed by atoms with Crippen LogP contribution in [-0.2, 0) is 13.0 Å². The van der Waals surface area contributed by atoms with E-state index < -0.39 is 0 Å². The van der Waals surface area contributed by atoms with E-state index in [1.165, 1.54) is 4.88 Å². The van der Waals surface area contributed by atoms with Crippen molar-refractivity contribution in [2.75, 3.05) is 19.7 Å². The molecule has 0 aliphatic rings. The molecule has 0 aliphatic carbocycles. The van der Waals surface area contributed by atoms with Crippen LogP contribution in [0.5, 0.6) is 5.75 Å². The van der Waals surface area contributed by atoms with Crippen molar-refractivity contribution in [1.29, 1.82) is 0 Å². The number of thiazole rings is 1. The summed E-state index contributed by atoms with van der Waals surface area (Å²) in [5.41, 5.74) is 0. The lowest BCUT2D eigenvalue weighted by Gasteiger charge is -2.11. The van der Waals surface area contributed by atoms with E-state index in [4.69, 9.17) is 16.3 Å². The summed E-state index contributed by atoms with van der Waals surface area (Å²) in [7, 11) is 0. The van der Waals surface area contributed by atoms with Crippen molar-refractivity contribution in [3.8, 4) is 5.75 Å². The third kappa shape index (κ3) is 8.24. The molecule has 25 heavy (non-hydrogen) atoms. The number of hydrogen-bond acceptors (Lipinski definition) is 4. The molecule has 0 fully saturated rings.